The molecule has 2 nitrogen and oxygen atoms in total. The molecular weight excluding hydrogens is 318 g/mol. The number of amides is 1. The van der Waals surface area contributed by atoms with Crippen LogP contribution in [0.2, 0.25) is 0 Å². The molecule has 1 amide bonds. The van der Waals surface area contributed by atoms with Gasteiger partial charge < -0.3 is 5.32 Å². The van der Waals surface area contributed by atoms with Crippen LogP contribution in [0.4, 0.5) is 0 Å². The summed E-state index contributed by atoms with van der Waals surface area (Å²) >= 11 is 0. The van der Waals surface area contributed by atoms with E-state index in [2.05, 4.69) is 50.4 Å². The van der Waals surface area contributed by atoms with Crippen molar-refractivity contribution in [2.24, 2.45) is 5.92 Å². The lowest BCUT2D eigenvalue weighted by Gasteiger charge is -2.27. The van der Waals surface area contributed by atoms with E-state index in [1.165, 1.54) is 41.5 Å². The number of hydrogen-bond donors (Lipinski definition) is 1. The van der Waals surface area contributed by atoms with Crippen molar-refractivity contribution in [3.8, 4) is 0 Å². The van der Waals surface area contributed by atoms with Crippen LogP contribution in [0.25, 0.3) is 5.57 Å². The molecule has 0 aromatic heterocycles. The van der Waals surface area contributed by atoms with Crippen LogP contribution in [0.5, 0.6) is 0 Å². The number of carbonyl (C=O) groups is 1. The molecule has 1 fully saturated rings. The van der Waals surface area contributed by atoms with E-state index in [1.807, 2.05) is 13.0 Å². The van der Waals surface area contributed by atoms with Gasteiger partial charge in [0.05, 0.1) is 0 Å². The summed E-state index contributed by atoms with van der Waals surface area (Å²) in [7, 11) is 0. The maximum atomic E-state index is 12.6. The Bertz CT molecular complexity index is 784. The smallest absolute Gasteiger partial charge is 0.252 e. The Hall–Kier alpha value is -2.09. The Kier molecular flexibility index (Phi) is 5.80. The van der Waals surface area contributed by atoms with Crippen LogP contribution in [0.15, 0.2) is 52.8 Å². The van der Waals surface area contributed by atoms with Crippen molar-refractivity contribution >= 4 is 11.5 Å². The molecule has 1 saturated carbocycles. The summed E-state index contributed by atoms with van der Waals surface area (Å²) in [5.41, 5.74) is 8.48. The molecule has 1 heterocycles. The number of aryl methyl sites for hydroxylation is 1. The van der Waals surface area contributed by atoms with Crippen LogP contribution >= 0.6 is 0 Å². The minimum absolute atomic E-state index is 0.0736. The molecule has 2 aliphatic rings. The first-order chi connectivity index (χ1) is 12.6. The number of rotatable bonds is 4. The fraction of sp³-hybridized carbons (Fsp3) is 0.458. The van der Waals surface area contributed by atoms with E-state index in [0.29, 0.717) is 0 Å². The summed E-state index contributed by atoms with van der Waals surface area (Å²) in [6.45, 7) is 8.58. The Morgan fingerprint density at radius 3 is 2.46 bits per heavy atom. The minimum atomic E-state index is 0.0736. The summed E-state index contributed by atoms with van der Waals surface area (Å²) in [5, 5.41) is 3.10. The van der Waals surface area contributed by atoms with E-state index in [1.54, 1.807) is 0 Å². The number of nitrogens with one attached hydrogen (secondary N) is 1. The maximum absolute atomic E-state index is 12.6. The standard InChI is InChI=1S/C24H31NO/c1-5-17-12-14-18(15-13-17)22(20-11-9-8-10-16(20)4)23-19(6-2)24(26)25-21(23)7-3/h7-11,17H,5-6,12-15H2,1-4H3,(H,25,26)/b21-7-,22-18?. The Morgan fingerprint density at radius 2 is 1.88 bits per heavy atom. The third-order valence-electron chi connectivity index (χ3n) is 6.04. The molecule has 0 spiro atoms. The zero-order valence-electron chi connectivity index (χ0n) is 16.6. The first-order valence-corrected chi connectivity index (χ1v) is 10.1. The highest BCUT2D eigenvalue weighted by atomic mass is 16.2. The van der Waals surface area contributed by atoms with Crippen molar-refractivity contribution in [1.29, 1.82) is 0 Å². The molecule has 3 rings (SSSR count). The predicted octanol–water partition coefficient (Wildman–Crippen LogP) is 6.09. The molecule has 1 N–H and O–H groups in total. The molecule has 1 aliphatic carbocycles. The van der Waals surface area contributed by atoms with Crippen LogP contribution < -0.4 is 5.32 Å². The second kappa shape index (κ2) is 8.07. The molecule has 0 unspecified atom stereocenters. The first-order valence-electron chi connectivity index (χ1n) is 10.1. The number of carbonyl (C=O) groups excluding carboxylic acids is 1. The molecular formula is C24H31NO. The summed E-state index contributed by atoms with van der Waals surface area (Å²) in [5.74, 6) is 0.922. The van der Waals surface area contributed by atoms with Gasteiger partial charge >= 0.3 is 0 Å². The molecule has 0 saturated heterocycles. The molecule has 1 aliphatic heterocycles. The van der Waals surface area contributed by atoms with Crippen LogP contribution in [0.1, 0.15) is 70.4 Å². The van der Waals surface area contributed by atoms with Crippen LogP contribution in [-0.4, -0.2) is 5.91 Å². The summed E-state index contributed by atoms with van der Waals surface area (Å²) < 4.78 is 0. The van der Waals surface area contributed by atoms with E-state index in [0.717, 1.165) is 42.0 Å². The molecule has 1 aromatic carbocycles. The van der Waals surface area contributed by atoms with Crippen LogP contribution in [0, 0.1) is 12.8 Å². The van der Waals surface area contributed by atoms with E-state index in [9.17, 15) is 4.79 Å². The lowest BCUT2D eigenvalue weighted by molar-refractivity contribution is -0.116. The van der Waals surface area contributed by atoms with Gasteiger partial charge in [0.2, 0.25) is 0 Å². The third-order valence-corrected chi connectivity index (χ3v) is 6.04. The Morgan fingerprint density at radius 1 is 1.19 bits per heavy atom. The van der Waals surface area contributed by atoms with E-state index in [4.69, 9.17) is 0 Å². The van der Waals surface area contributed by atoms with Crippen molar-refractivity contribution < 1.29 is 4.79 Å². The second-order valence-electron chi connectivity index (χ2n) is 7.51. The predicted molar refractivity (Wildman–Crippen MR) is 110 cm³/mol. The molecule has 26 heavy (non-hydrogen) atoms. The second-order valence-corrected chi connectivity index (χ2v) is 7.51. The lowest BCUT2D eigenvalue weighted by atomic mass is 9.78. The molecule has 0 radical (unpaired) electrons. The number of benzene rings is 1. The lowest BCUT2D eigenvalue weighted by Crippen LogP contribution is -2.16. The van der Waals surface area contributed by atoms with Gasteiger partial charge in [-0.05, 0) is 68.6 Å². The normalized spacial score (nSPS) is 22.2. The van der Waals surface area contributed by atoms with Gasteiger partial charge in [-0.3, -0.25) is 4.79 Å². The summed E-state index contributed by atoms with van der Waals surface area (Å²) in [6.07, 6.45) is 8.91. The maximum Gasteiger partial charge on any atom is 0.252 e. The number of allylic oxidation sites excluding steroid dienone is 3. The fourth-order valence-corrected chi connectivity index (χ4v) is 4.42. The van der Waals surface area contributed by atoms with Crippen LogP contribution in [-0.2, 0) is 4.79 Å². The number of hydrogen-bond acceptors (Lipinski definition) is 1. The van der Waals surface area contributed by atoms with E-state index < -0.39 is 0 Å². The van der Waals surface area contributed by atoms with Gasteiger partial charge in [-0.1, -0.05) is 56.2 Å². The van der Waals surface area contributed by atoms with Crippen molar-refractivity contribution in [2.45, 2.75) is 66.2 Å². The van der Waals surface area contributed by atoms with Crippen molar-refractivity contribution in [1.82, 2.24) is 5.32 Å². The largest absolute Gasteiger partial charge is 0.322 e. The fourth-order valence-electron chi connectivity index (χ4n) is 4.42. The highest BCUT2D eigenvalue weighted by Gasteiger charge is 2.31. The summed E-state index contributed by atoms with van der Waals surface area (Å²) in [6, 6.07) is 8.62. The monoisotopic (exact) mass is 349 g/mol. The first kappa shape index (κ1) is 18.7. The van der Waals surface area contributed by atoms with Crippen molar-refractivity contribution in [3.05, 3.63) is 63.9 Å². The average Bonchev–Trinajstić information content (AvgIpc) is 2.99. The van der Waals surface area contributed by atoms with Gasteiger partial charge in [0.1, 0.15) is 0 Å². The Balaban J connectivity index is 2.21. The van der Waals surface area contributed by atoms with Gasteiger partial charge in [-0.25, -0.2) is 0 Å². The van der Waals surface area contributed by atoms with E-state index in [-0.39, 0.29) is 5.91 Å². The quantitative estimate of drug-likeness (QED) is 0.700. The molecule has 2 heteroatoms. The molecule has 1 aromatic rings. The van der Waals surface area contributed by atoms with Gasteiger partial charge in [0.15, 0.2) is 0 Å². The van der Waals surface area contributed by atoms with Gasteiger partial charge in [0, 0.05) is 16.8 Å². The molecule has 0 bridgehead atoms. The van der Waals surface area contributed by atoms with Gasteiger partial charge in [-0.2, -0.15) is 0 Å². The zero-order chi connectivity index (χ0) is 18.7. The zero-order valence-corrected chi connectivity index (χ0v) is 16.6. The molecule has 0 atom stereocenters. The van der Waals surface area contributed by atoms with Crippen molar-refractivity contribution in [3.63, 3.8) is 0 Å². The highest BCUT2D eigenvalue weighted by molar-refractivity contribution is 6.07. The minimum Gasteiger partial charge on any atom is -0.322 e. The van der Waals surface area contributed by atoms with Crippen LogP contribution in [0.3, 0.4) is 0 Å². The average molecular weight is 350 g/mol. The third kappa shape index (κ3) is 3.42. The van der Waals surface area contributed by atoms with Gasteiger partial charge in [-0.15, -0.1) is 0 Å². The summed E-state index contributed by atoms with van der Waals surface area (Å²) in [4.78, 5) is 12.6. The molecule has 138 valence electrons. The topological polar surface area (TPSA) is 29.1 Å². The van der Waals surface area contributed by atoms with E-state index >= 15 is 0 Å². The van der Waals surface area contributed by atoms with Crippen molar-refractivity contribution in [2.75, 3.05) is 0 Å². The Labute approximate surface area is 158 Å². The highest BCUT2D eigenvalue weighted by Crippen LogP contribution is 2.43. The SMILES string of the molecule is C/C=C1\NC(=O)C(CC)=C1C(=C1CCC(CC)CC1)c1ccccc1C. The van der Waals surface area contributed by atoms with Gasteiger partial charge in [0.25, 0.3) is 5.91 Å².